The topological polar surface area (TPSA) is 57.3 Å². The lowest BCUT2D eigenvalue weighted by Crippen LogP contribution is -2.07. The molecule has 0 saturated carbocycles. The average molecular weight is 221 g/mol. The molecule has 2 fully saturated rings. The molecule has 2 N–H and O–H groups in total. The molecule has 86 valence electrons. The first-order chi connectivity index (χ1) is 7.81. The Labute approximate surface area is 94.2 Å². The highest BCUT2D eigenvalue weighted by Gasteiger charge is 2.24. The molecule has 2 unspecified atom stereocenters. The number of hydrogen-bond donors (Lipinski definition) is 2. The van der Waals surface area contributed by atoms with Crippen molar-refractivity contribution >= 4 is 5.69 Å². The number of phenols is 1. The Morgan fingerprint density at radius 3 is 2.62 bits per heavy atom. The molecule has 2 aliphatic rings. The van der Waals surface area contributed by atoms with Gasteiger partial charge in [0.2, 0.25) is 0 Å². The lowest BCUT2D eigenvalue weighted by atomic mass is 10.1. The second-order valence-electron chi connectivity index (χ2n) is 4.35. The van der Waals surface area contributed by atoms with Gasteiger partial charge in [0.05, 0.1) is 31.1 Å². The third kappa shape index (κ3) is 2.46. The molecule has 0 spiro atoms. The highest BCUT2D eigenvalue weighted by Crippen LogP contribution is 2.27. The van der Waals surface area contributed by atoms with Gasteiger partial charge < -0.3 is 19.9 Å². The fraction of sp³-hybridized carbons (Fsp3) is 0.500. The molecular formula is C12H15NO3. The maximum absolute atomic E-state index is 9.81. The first-order valence-electron chi connectivity index (χ1n) is 5.60. The molecule has 0 radical (unpaired) electrons. The molecule has 0 amide bonds. The number of rotatable bonds is 5. The second-order valence-corrected chi connectivity index (χ2v) is 4.35. The Hall–Kier alpha value is -1.26. The van der Waals surface area contributed by atoms with Gasteiger partial charge in [-0.15, -0.1) is 0 Å². The molecular weight excluding hydrogens is 206 g/mol. The molecule has 0 aromatic heterocycles. The molecule has 1 aromatic carbocycles. The van der Waals surface area contributed by atoms with Crippen molar-refractivity contribution in [3.05, 3.63) is 23.8 Å². The summed E-state index contributed by atoms with van der Waals surface area (Å²) < 4.78 is 10.3. The van der Waals surface area contributed by atoms with Crippen LogP contribution in [0.2, 0.25) is 0 Å². The van der Waals surface area contributed by atoms with Gasteiger partial charge in [-0.2, -0.15) is 0 Å². The van der Waals surface area contributed by atoms with E-state index in [-0.39, 0.29) is 0 Å². The normalized spacial score (nSPS) is 26.5. The summed E-state index contributed by atoms with van der Waals surface area (Å²) >= 11 is 0. The van der Waals surface area contributed by atoms with Crippen LogP contribution in [0.3, 0.4) is 0 Å². The zero-order valence-corrected chi connectivity index (χ0v) is 8.98. The maximum atomic E-state index is 9.81. The van der Waals surface area contributed by atoms with E-state index in [2.05, 4.69) is 5.32 Å². The summed E-state index contributed by atoms with van der Waals surface area (Å²) in [6.45, 7) is 2.43. The molecule has 0 bridgehead atoms. The lowest BCUT2D eigenvalue weighted by Gasteiger charge is -2.08. The molecule has 16 heavy (non-hydrogen) atoms. The second kappa shape index (κ2) is 3.96. The first kappa shape index (κ1) is 9.93. The van der Waals surface area contributed by atoms with Crippen LogP contribution >= 0.6 is 0 Å². The number of nitrogens with one attached hydrogen (secondary N) is 1. The van der Waals surface area contributed by atoms with E-state index in [1.54, 1.807) is 6.07 Å². The summed E-state index contributed by atoms with van der Waals surface area (Å²) in [6, 6.07) is 5.74. The molecule has 1 aromatic rings. The number of epoxide rings is 2. The molecule has 2 heterocycles. The molecule has 0 aliphatic carbocycles. The first-order valence-corrected chi connectivity index (χ1v) is 5.60. The number of anilines is 1. The Morgan fingerprint density at radius 1 is 1.25 bits per heavy atom. The SMILES string of the molecule is Oc1cc(CC2CO2)ccc1NCC1CO1. The van der Waals surface area contributed by atoms with Gasteiger partial charge in [0.1, 0.15) is 5.75 Å². The van der Waals surface area contributed by atoms with Gasteiger partial charge in [-0.1, -0.05) is 6.07 Å². The lowest BCUT2D eigenvalue weighted by molar-refractivity contribution is 0.407. The van der Waals surface area contributed by atoms with E-state index in [4.69, 9.17) is 9.47 Å². The Morgan fingerprint density at radius 2 is 2.00 bits per heavy atom. The van der Waals surface area contributed by atoms with Crippen LogP contribution in [-0.4, -0.2) is 37.1 Å². The summed E-state index contributed by atoms with van der Waals surface area (Å²) in [5.74, 6) is 0.304. The molecule has 2 atom stereocenters. The zero-order valence-electron chi connectivity index (χ0n) is 8.98. The van der Waals surface area contributed by atoms with Gasteiger partial charge >= 0.3 is 0 Å². The average Bonchev–Trinajstić information content (AvgIpc) is 3.11. The predicted molar refractivity (Wildman–Crippen MR) is 59.8 cm³/mol. The van der Waals surface area contributed by atoms with Crippen molar-refractivity contribution in [1.82, 2.24) is 0 Å². The Bertz CT molecular complexity index is 386. The van der Waals surface area contributed by atoms with Gasteiger partial charge in [0.15, 0.2) is 0 Å². The van der Waals surface area contributed by atoms with Gasteiger partial charge in [0, 0.05) is 13.0 Å². The van der Waals surface area contributed by atoms with Gasteiger partial charge in [-0.3, -0.25) is 0 Å². The molecule has 4 heteroatoms. The van der Waals surface area contributed by atoms with Crippen LogP contribution in [0, 0.1) is 0 Å². The third-order valence-electron chi connectivity index (χ3n) is 2.85. The third-order valence-corrected chi connectivity index (χ3v) is 2.85. The fourth-order valence-corrected chi connectivity index (χ4v) is 1.71. The van der Waals surface area contributed by atoms with Crippen molar-refractivity contribution in [1.29, 1.82) is 0 Å². The van der Waals surface area contributed by atoms with Gasteiger partial charge in [0.25, 0.3) is 0 Å². The Balaban J connectivity index is 1.63. The molecule has 4 nitrogen and oxygen atoms in total. The van der Waals surface area contributed by atoms with E-state index >= 15 is 0 Å². The molecule has 3 rings (SSSR count). The van der Waals surface area contributed by atoms with Crippen molar-refractivity contribution in [3.8, 4) is 5.75 Å². The molecule has 2 saturated heterocycles. The van der Waals surface area contributed by atoms with Crippen molar-refractivity contribution in [3.63, 3.8) is 0 Å². The van der Waals surface area contributed by atoms with Crippen LogP contribution in [0.15, 0.2) is 18.2 Å². The summed E-state index contributed by atoms with van der Waals surface area (Å²) in [5.41, 5.74) is 1.89. The summed E-state index contributed by atoms with van der Waals surface area (Å²) in [4.78, 5) is 0. The highest BCUT2D eigenvalue weighted by molar-refractivity contribution is 5.57. The number of aromatic hydroxyl groups is 1. The quantitative estimate of drug-likeness (QED) is 0.578. The summed E-state index contributed by atoms with van der Waals surface area (Å²) in [7, 11) is 0. The van der Waals surface area contributed by atoms with Crippen molar-refractivity contribution < 1.29 is 14.6 Å². The van der Waals surface area contributed by atoms with Crippen molar-refractivity contribution in [2.75, 3.05) is 25.1 Å². The van der Waals surface area contributed by atoms with Crippen LogP contribution in [-0.2, 0) is 15.9 Å². The van der Waals surface area contributed by atoms with Crippen LogP contribution in [0.4, 0.5) is 5.69 Å². The smallest absolute Gasteiger partial charge is 0.138 e. The zero-order chi connectivity index (χ0) is 11.0. The van der Waals surface area contributed by atoms with E-state index in [9.17, 15) is 5.11 Å². The van der Waals surface area contributed by atoms with Crippen LogP contribution in [0.25, 0.3) is 0 Å². The number of phenolic OH excluding ortho intramolecular Hbond substituents is 1. The number of ether oxygens (including phenoxy) is 2. The minimum Gasteiger partial charge on any atom is -0.506 e. The van der Waals surface area contributed by atoms with E-state index in [0.29, 0.717) is 18.0 Å². The van der Waals surface area contributed by atoms with Crippen LogP contribution in [0.5, 0.6) is 5.75 Å². The van der Waals surface area contributed by atoms with E-state index < -0.39 is 0 Å². The fourth-order valence-electron chi connectivity index (χ4n) is 1.71. The largest absolute Gasteiger partial charge is 0.506 e. The minimum absolute atomic E-state index is 0.304. The van der Waals surface area contributed by atoms with E-state index in [0.717, 1.165) is 37.4 Å². The van der Waals surface area contributed by atoms with Gasteiger partial charge in [-0.25, -0.2) is 0 Å². The van der Waals surface area contributed by atoms with E-state index in [1.807, 2.05) is 12.1 Å². The van der Waals surface area contributed by atoms with Crippen LogP contribution < -0.4 is 5.32 Å². The van der Waals surface area contributed by atoms with Crippen molar-refractivity contribution in [2.45, 2.75) is 18.6 Å². The minimum atomic E-state index is 0.304. The Kier molecular flexibility index (Phi) is 2.46. The summed E-state index contributed by atoms with van der Waals surface area (Å²) in [6.07, 6.45) is 1.57. The van der Waals surface area contributed by atoms with E-state index in [1.165, 1.54) is 0 Å². The predicted octanol–water partition coefficient (Wildman–Crippen LogP) is 1.14. The standard InChI is InChI=1S/C12H15NO3/c14-12-4-8(3-9-6-15-9)1-2-11(12)13-5-10-7-16-10/h1-2,4,9-10,13-14H,3,5-7H2. The molecule has 2 aliphatic heterocycles. The van der Waals surface area contributed by atoms with Crippen molar-refractivity contribution in [2.24, 2.45) is 0 Å². The number of hydrogen-bond acceptors (Lipinski definition) is 4. The monoisotopic (exact) mass is 221 g/mol. The van der Waals surface area contributed by atoms with Crippen LogP contribution in [0.1, 0.15) is 5.56 Å². The highest BCUT2D eigenvalue weighted by atomic mass is 16.6. The van der Waals surface area contributed by atoms with Gasteiger partial charge in [-0.05, 0) is 17.7 Å². The summed E-state index contributed by atoms with van der Waals surface area (Å²) in [5, 5.41) is 13.0. The number of benzene rings is 1. The maximum Gasteiger partial charge on any atom is 0.138 e.